The van der Waals surface area contributed by atoms with Crippen molar-refractivity contribution in [3.05, 3.63) is 40.3 Å². The SMILES string of the molecule is CCOC(=O)c1cc(C(C)C)sc1NC(=O)c1cc(OC)cc(OC)c1. The van der Waals surface area contributed by atoms with Gasteiger partial charge in [-0.2, -0.15) is 0 Å². The molecule has 1 aromatic carbocycles. The number of amides is 1. The predicted octanol–water partition coefficient (Wildman–Crippen LogP) is 4.32. The lowest BCUT2D eigenvalue weighted by Crippen LogP contribution is -2.14. The van der Waals surface area contributed by atoms with Gasteiger partial charge >= 0.3 is 5.97 Å². The lowest BCUT2D eigenvalue weighted by molar-refractivity contribution is 0.0528. The van der Waals surface area contributed by atoms with Gasteiger partial charge in [0.15, 0.2) is 0 Å². The van der Waals surface area contributed by atoms with E-state index in [1.165, 1.54) is 25.6 Å². The summed E-state index contributed by atoms with van der Waals surface area (Å²) < 4.78 is 15.5. The van der Waals surface area contributed by atoms with Crippen LogP contribution >= 0.6 is 11.3 Å². The Morgan fingerprint density at radius 3 is 2.19 bits per heavy atom. The summed E-state index contributed by atoms with van der Waals surface area (Å²) in [5.74, 6) is 0.443. The second-order valence-electron chi connectivity index (χ2n) is 5.82. The Bertz CT molecular complexity index is 775. The van der Waals surface area contributed by atoms with Crippen molar-refractivity contribution in [3.63, 3.8) is 0 Å². The molecule has 0 radical (unpaired) electrons. The number of hydrogen-bond acceptors (Lipinski definition) is 6. The fraction of sp³-hybridized carbons (Fsp3) is 0.368. The number of ether oxygens (including phenoxy) is 3. The Balaban J connectivity index is 2.35. The first-order valence-electron chi connectivity index (χ1n) is 8.24. The van der Waals surface area contributed by atoms with Crippen LogP contribution in [0.5, 0.6) is 11.5 Å². The molecule has 2 rings (SSSR count). The van der Waals surface area contributed by atoms with Crippen LogP contribution in [0.1, 0.15) is 52.3 Å². The van der Waals surface area contributed by atoms with Crippen molar-refractivity contribution in [1.82, 2.24) is 0 Å². The number of carbonyl (C=O) groups is 2. The minimum absolute atomic E-state index is 0.232. The first-order chi connectivity index (χ1) is 12.4. The third-order valence-corrected chi connectivity index (χ3v) is 5.01. The fourth-order valence-corrected chi connectivity index (χ4v) is 3.31. The van der Waals surface area contributed by atoms with E-state index in [0.717, 1.165) is 4.88 Å². The molecule has 0 spiro atoms. The van der Waals surface area contributed by atoms with Gasteiger partial charge < -0.3 is 19.5 Å². The van der Waals surface area contributed by atoms with Crippen LogP contribution < -0.4 is 14.8 Å². The molecule has 1 heterocycles. The Morgan fingerprint density at radius 1 is 1.08 bits per heavy atom. The summed E-state index contributed by atoms with van der Waals surface area (Å²) in [5.41, 5.74) is 0.735. The molecule has 0 bridgehead atoms. The third-order valence-electron chi connectivity index (χ3n) is 3.66. The number of esters is 1. The van der Waals surface area contributed by atoms with Gasteiger partial charge in [0.1, 0.15) is 16.5 Å². The Labute approximate surface area is 157 Å². The van der Waals surface area contributed by atoms with E-state index in [1.807, 2.05) is 13.8 Å². The molecule has 7 heteroatoms. The molecule has 0 fully saturated rings. The van der Waals surface area contributed by atoms with Crippen LogP contribution in [0, 0.1) is 0 Å². The lowest BCUT2D eigenvalue weighted by atomic mass is 10.1. The van der Waals surface area contributed by atoms with Crippen molar-refractivity contribution in [1.29, 1.82) is 0 Å². The molecule has 0 aliphatic rings. The number of hydrogen-bond donors (Lipinski definition) is 1. The summed E-state index contributed by atoms with van der Waals surface area (Å²) in [6, 6.07) is 6.68. The topological polar surface area (TPSA) is 73.9 Å². The number of nitrogens with one attached hydrogen (secondary N) is 1. The number of carbonyl (C=O) groups excluding carboxylic acids is 2. The summed E-state index contributed by atoms with van der Waals surface area (Å²) in [6.45, 7) is 6.07. The zero-order chi connectivity index (χ0) is 19.3. The van der Waals surface area contributed by atoms with E-state index in [9.17, 15) is 9.59 Å². The van der Waals surface area contributed by atoms with Crippen molar-refractivity contribution >= 4 is 28.2 Å². The lowest BCUT2D eigenvalue weighted by Gasteiger charge is -2.09. The second kappa shape index (κ2) is 8.71. The van der Waals surface area contributed by atoms with E-state index >= 15 is 0 Å². The van der Waals surface area contributed by atoms with Crippen LogP contribution in [0.2, 0.25) is 0 Å². The van der Waals surface area contributed by atoms with Crippen LogP contribution in [0.3, 0.4) is 0 Å². The molecule has 0 atom stereocenters. The minimum atomic E-state index is -0.450. The molecule has 0 unspecified atom stereocenters. The molecule has 2 aromatic rings. The van der Waals surface area contributed by atoms with Crippen LogP contribution in [0.25, 0.3) is 0 Å². The maximum atomic E-state index is 12.7. The molecule has 0 aliphatic heterocycles. The largest absolute Gasteiger partial charge is 0.497 e. The van der Waals surface area contributed by atoms with E-state index in [4.69, 9.17) is 14.2 Å². The van der Waals surface area contributed by atoms with E-state index in [2.05, 4.69) is 5.32 Å². The Morgan fingerprint density at radius 2 is 1.69 bits per heavy atom. The first-order valence-corrected chi connectivity index (χ1v) is 9.06. The zero-order valence-electron chi connectivity index (χ0n) is 15.5. The van der Waals surface area contributed by atoms with Gasteiger partial charge in [0.2, 0.25) is 0 Å². The highest BCUT2D eigenvalue weighted by molar-refractivity contribution is 7.16. The van der Waals surface area contributed by atoms with Gasteiger partial charge in [0, 0.05) is 16.5 Å². The van der Waals surface area contributed by atoms with Gasteiger partial charge in [-0.05, 0) is 31.0 Å². The number of thiophene rings is 1. The van der Waals surface area contributed by atoms with E-state index in [-0.39, 0.29) is 18.4 Å². The minimum Gasteiger partial charge on any atom is -0.497 e. The van der Waals surface area contributed by atoms with Crippen molar-refractivity contribution in [2.75, 3.05) is 26.1 Å². The second-order valence-corrected chi connectivity index (χ2v) is 6.91. The smallest absolute Gasteiger partial charge is 0.341 e. The van der Waals surface area contributed by atoms with Crippen LogP contribution in [0.4, 0.5) is 5.00 Å². The molecule has 0 aliphatic carbocycles. The molecule has 26 heavy (non-hydrogen) atoms. The van der Waals surface area contributed by atoms with E-state index in [1.54, 1.807) is 31.2 Å². The predicted molar refractivity (Wildman–Crippen MR) is 102 cm³/mol. The summed E-state index contributed by atoms with van der Waals surface area (Å²) in [7, 11) is 3.03. The number of benzene rings is 1. The van der Waals surface area contributed by atoms with Crippen molar-refractivity contribution in [2.45, 2.75) is 26.7 Å². The maximum absolute atomic E-state index is 12.7. The quantitative estimate of drug-likeness (QED) is 0.728. The summed E-state index contributed by atoms with van der Waals surface area (Å²) in [6.07, 6.45) is 0. The standard InChI is InChI=1S/C19H23NO5S/c1-6-25-19(22)15-10-16(11(2)3)26-18(15)20-17(21)12-7-13(23-4)9-14(8-12)24-5/h7-11H,6H2,1-5H3,(H,20,21). The van der Waals surface area contributed by atoms with E-state index in [0.29, 0.717) is 27.6 Å². The molecule has 1 N–H and O–H groups in total. The average Bonchev–Trinajstić information content (AvgIpc) is 3.05. The summed E-state index contributed by atoms with van der Waals surface area (Å²) >= 11 is 1.37. The number of rotatable bonds is 7. The summed E-state index contributed by atoms with van der Waals surface area (Å²) in [5, 5.41) is 3.28. The monoisotopic (exact) mass is 377 g/mol. The highest BCUT2D eigenvalue weighted by Crippen LogP contribution is 2.34. The van der Waals surface area contributed by atoms with Crippen molar-refractivity contribution in [2.24, 2.45) is 0 Å². The highest BCUT2D eigenvalue weighted by atomic mass is 32.1. The van der Waals surface area contributed by atoms with Gasteiger partial charge in [-0.1, -0.05) is 13.8 Å². The molecule has 6 nitrogen and oxygen atoms in total. The van der Waals surface area contributed by atoms with Crippen LogP contribution in [-0.4, -0.2) is 32.7 Å². The van der Waals surface area contributed by atoms with Gasteiger partial charge in [-0.15, -0.1) is 11.3 Å². The van der Waals surface area contributed by atoms with Crippen molar-refractivity contribution < 1.29 is 23.8 Å². The first kappa shape index (κ1) is 19.8. The fourth-order valence-electron chi connectivity index (χ4n) is 2.26. The molecule has 1 aromatic heterocycles. The van der Waals surface area contributed by atoms with Gasteiger partial charge in [0.25, 0.3) is 5.91 Å². The average molecular weight is 377 g/mol. The van der Waals surface area contributed by atoms with Gasteiger partial charge in [0.05, 0.1) is 26.4 Å². The zero-order valence-corrected chi connectivity index (χ0v) is 16.4. The van der Waals surface area contributed by atoms with Crippen LogP contribution in [0.15, 0.2) is 24.3 Å². The summed E-state index contributed by atoms with van der Waals surface area (Å²) in [4.78, 5) is 25.9. The van der Waals surface area contributed by atoms with Crippen molar-refractivity contribution in [3.8, 4) is 11.5 Å². The molecule has 1 amide bonds. The van der Waals surface area contributed by atoms with E-state index < -0.39 is 5.97 Å². The highest BCUT2D eigenvalue weighted by Gasteiger charge is 2.21. The molecule has 0 saturated carbocycles. The Kier molecular flexibility index (Phi) is 6.63. The van der Waals surface area contributed by atoms with Gasteiger partial charge in [-0.3, -0.25) is 4.79 Å². The molecular weight excluding hydrogens is 354 g/mol. The van der Waals surface area contributed by atoms with Crippen LogP contribution in [-0.2, 0) is 4.74 Å². The maximum Gasteiger partial charge on any atom is 0.341 e. The third kappa shape index (κ3) is 4.54. The molecule has 140 valence electrons. The van der Waals surface area contributed by atoms with Gasteiger partial charge in [-0.25, -0.2) is 4.79 Å². The number of methoxy groups -OCH3 is 2. The Hall–Kier alpha value is -2.54. The number of anilines is 1. The molecule has 0 saturated heterocycles. The molecular formula is C19H23NO5S. The normalized spacial score (nSPS) is 10.5.